The molecule has 1 amide bonds. The molecule has 0 aromatic heterocycles. The van der Waals surface area contributed by atoms with E-state index in [4.69, 9.17) is 9.84 Å². The standard InChI is InChI=1S/C19H21NO4/c1-2-14(15-7-4-3-5-8-15)12-20-19(23)16-9-6-10-17(11-16)24-13-18(21)22/h3-11,14H,2,12-13H2,1H3,(H,20,23)(H,21,22). The summed E-state index contributed by atoms with van der Waals surface area (Å²) in [5, 5.41) is 11.6. The fourth-order valence-corrected chi connectivity index (χ4v) is 2.41. The summed E-state index contributed by atoms with van der Waals surface area (Å²) in [4.78, 5) is 22.8. The molecule has 0 saturated heterocycles. The maximum Gasteiger partial charge on any atom is 0.341 e. The minimum Gasteiger partial charge on any atom is -0.482 e. The van der Waals surface area contributed by atoms with Gasteiger partial charge in [0.1, 0.15) is 5.75 Å². The van der Waals surface area contributed by atoms with Gasteiger partial charge in [0, 0.05) is 18.0 Å². The molecule has 1 unspecified atom stereocenters. The highest BCUT2D eigenvalue weighted by Crippen LogP contribution is 2.18. The normalized spacial score (nSPS) is 11.5. The van der Waals surface area contributed by atoms with Gasteiger partial charge < -0.3 is 15.2 Å². The van der Waals surface area contributed by atoms with Gasteiger partial charge in [0.15, 0.2) is 6.61 Å². The minimum atomic E-state index is -1.06. The van der Waals surface area contributed by atoms with Crippen LogP contribution in [0.5, 0.6) is 5.75 Å². The average molecular weight is 327 g/mol. The summed E-state index contributed by atoms with van der Waals surface area (Å²) in [5.74, 6) is -0.648. The van der Waals surface area contributed by atoms with Crippen molar-refractivity contribution in [2.45, 2.75) is 19.3 Å². The van der Waals surface area contributed by atoms with Gasteiger partial charge in [0.05, 0.1) is 0 Å². The van der Waals surface area contributed by atoms with Crippen molar-refractivity contribution >= 4 is 11.9 Å². The second kappa shape index (κ2) is 8.72. The maximum atomic E-state index is 12.3. The second-order valence-corrected chi connectivity index (χ2v) is 5.44. The molecule has 2 aromatic rings. The fraction of sp³-hybridized carbons (Fsp3) is 0.263. The summed E-state index contributed by atoms with van der Waals surface area (Å²) in [6.45, 7) is 2.20. The van der Waals surface area contributed by atoms with Crippen molar-refractivity contribution < 1.29 is 19.4 Å². The van der Waals surface area contributed by atoms with E-state index in [2.05, 4.69) is 24.4 Å². The molecule has 0 heterocycles. The van der Waals surface area contributed by atoms with Crippen LogP contribution in [0.3, 0.4) is 0 Å². The molecule has 0 aliphatic carbocycles. The van der Waals surface area contributed by atoms with Gasteiger partial charge in [-0.1, -0.05) is 43.3 Å². The molecule has 2 aromatic carbocycles. The Morgan fingerprint density at radius 3 is 2.54 bits per heavy atom. The molecule has 2 rings (SSSR count). The molecule has 0 spiro atoms. The lowest BCUT2D eigenvalue weighted by molar-refractivity contribution is -0.139. The Morgan fingerprint density at radius 1 is 1.12 bits per heavy atom. The van der Waals surface area contributed by atoms with Crippen LogP contribution in [-0.4, -0.2) is 30.1 Å². The van der Waals surface area contributed by atoms with Gasteiger partial charge >= 0.3 is 5.97 Å². The Balaban J connectivity index is 1.96. The zero-order chi connectivity index (χ0) is 17.4. The van der Waals surface area contributed by atoms with Gasteiger partial charge in [-0.25, -0.2) is 4.79 Å². The molecule has 5 heteroatoms. The summed E-state index contributed by atoms with van der Waals surface area (Å²) in [6.07, 6.45) is 0.923. The van der Waals surface area contributed by atoms with Crippen LogP contribution < -0.4 is 10.1 Å². The third kappa shape index (κ3) is 5.12. The molecule has 5 nitrogen and oxygen atoms in total. The van der Waals surface area contributed by atoms with Crippen LogP contribution in [0.4, 0.5) is 0 Å². The van der Waals surface area contributed by atoms with E-state index in [0.717, 1.165) is 6.42 Å². The average Bonchev–Trinajstić information content (AvgIpc) is 2.61. The molecule has 1 atom stereocenters. The summed E-state index contributed by atoms with van der Waals surface area (Å²) in [6, 6.07) is 16.6. The van der Waals surface area contributed by atoms with Crippen LogP contribution in [0.1, 0.15) is 35.2 Å². The predicted molar refractivity (Wildman–Crippen MR) is 91.4 cm³/mol. The topological polar surface area (TPSA) is 75.6 Å². The number of hydrogen-bond donors (Lipinski definition) is 2. The van der Waals surface area contributed by atoms with Gasteiger partial charge in [-0.2, -0.15) is 0 Å². The van der Waals surface area contributed by atoms with Crippen LogP contribution in [-0.2, 0) is 4.79 Å². The largest absolute Gasteiger partial charge is 0.482 e. The first-order chi connectivity index (χ1) is 11.6. The number of carboxylic acid groups (broad SMARTS) is 1. The number of nitrogens with one attached hydrogen (secondary N) is 1. The van der Waals surface area contributed by atoms with E-state index in [1.807, 2.05) is 18.2 Å². The van der Waals surface area contributed by atoms with Crippen LogP contribution in [0.25, 0.3) is 0 Å². The molecule has 0 bridgehead atoms. The maximum absolute atomic E-state index is 12.3. The van der Waals surface area contributed by atoms with Gasteiger partial charge in [-0.15, -0.1) is 0 Å². The number of hydrogen-bond acceptors (Lipinski definition) is 3. The van der Waals surface area contributed by atoms with E-state index in [1.54, 1.807) is 24.3 Å². The first-order valence-corrected chi connectivity index (χ1v) is 7.88. The Bertz CT molecular complexity index is 685. The summed E-state index contributed by atoms with van der Waals surface area (Å²) in [7, 11) is 0. The highest BCUT2D eigenvalue weighted by Gasteiger charge is 2.12. The zero-order valence-electron chi connectivity index (χ0n) is 13.6. The lowest BCUT2D eigenvalue weighted by atomic mass is 9.96. The van der Waals surface area contributed by atoms with Crippen molar-refractivity contribution in [1.82, 2.24) is 5.32 Å². The molecule has 24 heavy (non-hydrogen) atoms. The third-order valence-corrected chi connectivity index (χ3v) is 3.73. The molecule has 0 aliphatic heterocycles. The van der Waals surface area contributed by atoms with Crippen molar-refractivity contribution in [3.63, 3.8) is 0 Å². The third-order valence-electron chi connectivity index (χ3n) is 3.73. The Hall–Kier alpha value is -2.82. The van der Waals surface area contributed by atoms with Crippen molar-refractivity contribution in [3.8, 4) is 5.75 Å². The number of carboxylic acids is 1. The van der Waals surface area contributed by atoms with E-state index in [0.29, 0.717) is 17.9 Å². The van der Waals surface area contributed by atoms with Gasteiger partial charge in [-0.05, 0) is 30.2 Å². The lowest BCUT2D eigenvalue weighted by Gasteiger charge is -2.16. The molecular formula is C19H21NO4. The van der Waals surface area contributed by atoms with E-state index >= 15 is 0 Å². The van der Waals surface area contributed by atoms with Crippen LogP contribution in [0.2, 0.25) is 0 Å². The lowest BCUT2D eigenvalue weighted by Crippen LogP contribution is -2.28. The first kappa shape index (κ1) is 17.5. The van der Waals surface area contributed by atoms with E-state index < -0.39 is 12.6 Å². The van der Waals surface area contributed by atoms with Crippen molar-refractivity contribution in [1.29, 1.82) is 0 Å². The summed E-state index contributed by atoms with van der Waals surface area (Å²) < 4.78 is 5.09. The van der Waals surface area contributed by atoms with Crippen molar-refractivity contribution in [2.75, 3.05) is 13.2 Å². The van der Waals surface area contributed by atoms with Gasteiger partial charge in [0.25, 0.3) is 5.91 Å². The number of carbonyl (C=O) groups is 2. The van der Waals surface area contributed by atoms with Crippen LogP contribution in [0.15, 0.2) is 54.6 Å². The van der Waals surface area contributed by atoms with Gasteiger partial charge in [-0.3, -0.25) is 4.79 Å². The number of carbonyl (C=O) groups excluding carboxylic acids is 1. The van der Waals surface area contributed by atoms with Gasteiger partial charge in [0.2, 0.25) is 0 Å². The fourth-order valence-electron chi connectivity index (χ4n) is 2.41. The number of benzene rings is 2. The molecule has 0 fully saturated rings. The molecular weight excluding hydrogens is 306 g/mol. The van der Waals surface area contributed by atoms with Crippen LogP contribution in [0, 0.1) is 0 Å². The zero-order valence-corrected chi connectivity index (χ0v) is 13.6. The first-order valence-electron chi connectivity index (χ1n) is 7.88. The smallest absolute Gasteiger partial charge is 0.341 e. The van der Waals surface area contributed by atoms with E-state index in [9.17, 15) is 9.59 Å². The molecule has 0 aliphatic rings. The second-order valence-electron chi connectivity index (χ2n) is 5.44. The molecule has 126 valence electrons. The molecule has 0 radical (unpaired) electrons. The van der Waals surface area contributed by atoms with E-state index in [-0.39, 0.29) is 11.8 Å². The quantitative estimate of drug-likeness (QED) is 0.781. The minimum absolute atomic E-state index is 0.204. The summed E-state index contributed by atoms with van der Waals surface area (Å²) >= 11 is 0. The highest BCUT2D eigenvalue weighted by atomic mass is 16.5. The van der Waals surface area contributed by atoms with Crippen LogP contribution >= 0.6 is 0 Å². The Kier molecular flexibility index (Phi) is 6.37. The predicted octanol–water partition coefficient (Wildman–Crippen LogP) is 3.07. The van der Waals surface area contributed by atoms with E-state index in [1.165, 1.54) is 5.56 Å². The Labute approximate surface area is 141 Å². The van der Waals surface area contributed by atoms with Crippen molar-refractivity contribution in [2.24, 2.45) is 0 Å². The summed E-state index contributed by atoms with van der Waals surface area (Å²) in [5.41, 5.74) is 1.64. The monoisotopic (exact) mass is 327 g/mol. The number of rotatable bonds is 8. The molecule has 0 saturated carbocycles. The van der Waals surface area contributed by atoms with Crippen molar-refractivity contribution in [3.05, 3.63) is 65.7 Å². The number of ether oxygens (including phenoxy) is 1. The molecule has 2 N–H and O–H groups in total. The Morgan fingerprint density at radius 2 is 1.88 bits per heavy atom. The highest BCUT2D eigenvalue weighted by molar-refractivity contribution is 5.94. The number of aliphatic carboxylic acids is 1. The number of amides is 1. The SMILES string of the molecule is CCC(CNC(=O)c1cccc(OCC(=O)O)c1)c1ccccc1.